The summed E-state index contributed by atoms with van der Waals surface area (Å²) in [5.41, 5.74) is -0.0658. The zero-order valence-electron chi connectivity index (χ0n) is 12.4. The highest BCUT2D eigenvalue weighted by Crippen LogP contribution is 2.30. The molecule has 3 rings (SSSR count). The Morgan fingerprint density at radius 3 is 2.29 bits per heavy atom. The Hall–Kier alpha value is -2.83. The molecule has 0 spiro atoms. The highest BCUT2D eigenvalue weighted by molar-refractivity contribution is 6.03. The van der Waals surface area contributed by atoms with Crippen LogP contribution in [0.3, 0.4) is 0 Å². The Morgan fingerprint density at radius 2 is 1.67 bits per heavy atom. The topological polar surface area (TPSA) is 49.4 Å². The van der Waals surface area contributed by atoms with Crippen LogP contribution in [0.15, 0.2) is 42.5 Å². The maximum absolute atomic E-state index is 13.8. The monoisotopic (exact) mass is 334 g/mol. The number of anilines is 2. The highest BCUT2D eigenvalue weighted by atomic mass is 19.1. The average molecular weight is 334 g/mol. The van der Waals surface area contributed by atoms with E-state index in [2.05, 4.69) is 5.32 Å². The molecule has 2 aromatic carbocycles. The summed E-state index contributed by atoms with van der Waals surface area (Å²) in [6.07, 6.45) is -0.152. The molecule has 0 bridgehead atoms. The van der Waals surface area contributed by atoms with Crippen LogP contribution in [0.4, 0.5) is 24.5 Å². The first-order chi connectivity index (χ1) is 11.5. The van der Waals surface area contributed by atoms with Crippen molar-refractivity contribution in [1.82, 2.24) is 0 Å². The van der Waals surface area contributed by atoms with E-state index >= 15 is 0 Å². The molecule has 2 amide bonds. The standard InChI is InChI=1S/C17H13F3N2O2/c18-11-4-6-12(7-5-11)21-17(24)10-8-15(23)22(9-10)16-13(19)2-1-3-14(16)20/h1-7,10H,8-9H2,(H,21,24). The minimum atomic E-state index is -0.858. The average Bonchev–Trinajstić information content (AvgIpc) is 2.91. The largest absolute Gasteiger partial charge is 0.326 e. The summed E-state index contributed by atoms with van der Waals surface area (Å²) in [7, 11) is 0. The Bertz CT molecular complexity index is 773. The van der Waals surface area contributed by atoms with Crippen molar-refractivity contribution in [3.8, 4) is 0 Å². The van der Waals surface area contributed by atoms with Crippen LogP contribution in [0.25, 0.3) is 0 Å². The van der Waals surface area contributed by atoms with E-state index in [-0.39, 0.29) is 13.0 Å². The molecule has 1 atom stereocenters. The van der Waals surface area contributed by atoms with Crippen molar-refractivity contribution in [3.63, 3.8) is 0 Å². The van der Waals surface area contributed by atoms with Crippen LogP contribution in [0.5, 0.6) is 0 Å². The number of hydrogen-bond acceptors (Lipinski definition) is 2. The Balaban J connectivity index is 1.74. The molecule has 1 aliphatic heterocycles. The Labute approximate surface area is 135 Å². The van der Waals surface area contributed by atoms with Gasteiger partial charge in [0.05, 0.1) is 5.92 Å². The molecule has 1 aliphatic rings. The fraction of sp³-hybridized carbons (Fsp3) is 0.176. The summed E-state index contributed by atoms with van der Waals surface area (Å²) in [6, 6.07) is 8.46. The third-order valence-corrected chi connectivity index (χ3v) is 3.82. The van der Waals surface area contributed by atoms with E-state index in [4.69, 9.17) is 0 Å². The van der Waals surface area contributed by atoms with Gasteiger partial charge < -0.3 is 10.2 Å². The number of halogens is 3. The molecule has 4 nitrogen and oxygen atoms in total. The van der Waals surface area contributed by atoms with Gasteiger partial charge in [-0.3, -0.25) is 9.59 Å². The van der Waals surface area contributed by atoms with Crippen molar-refractivity contribution in [1.29, 1.82) is 0 Å². The lowest BCUT2D eigenvalue weighted by Gasteiger charge is -2.18. The minimum Gasteiger partial charge on any atom is -0.326 e. The molecule has 24 heavy (non-hydrogen) atoms. The number of amides is 2. The number of nitrogens with one attached hydrogen (secondary N) is 1. The highest BCUT2D eigenvalue weighted by Gasteiger charge is 2.37. The number of carbonyl (C=O) groups excluding carboxylic acids is 2. The third-order valence-electron chi connectivity index (χ3n) is 3.82. The molecule has 1 heterocycles. The number of para-hydroxylation sites is 1. The van der Waals surface area contributed by atoms with Gasteiger partial charge in [0.15, 0.2) is 0 Å². The van der Waals surface area contributed by atoms with Crippen molar-refractivity contribution in [2.24, 2.45) is 5.92 Å². The van der Waals surface area contributed by atoms with E-state index in [0.717, 1.165) is 17.0 Å². The Morgan fingerprint density at radius 1 is 1.04 bits per heavy atom. The number of rotatable bonds is 3. The number of nitrogens with zero attached hydrogens (tertiary/aromatic N) is 1. The maximum atomic E-state index is 13.8. The molecule has 0 saturated carbocycles. The van der Waals surface area contributed by atoms with Gasteiger partial charge in [-0.05, 0) is 36.4 Å². The fourth-order valence-electron chi connectivity index (χ4n) is 2.62. The van der Waals surface area contributed by atoms with Crippen LogP contribution in [-0.2, 0) is 9.59 Å². The zero-order chi connectivity index (χ0) is 17.3. The van der Waals surface area contributed by atoms with E-state index in [0.29, 0.717) is 5.69 Å². The molecule has 1 unspecified atom stereocenters. The second-order valence-electron chi connectivity index (χ2n) is 5.47. The van der Waals surface area contributed by atoms with Gasteiger partial charge in [0.25, 0.3) is 0 Å². The number of hydrogen-bond donors (Lipinski definition) is 1. The summed E-state index contributed by atoms with van der Waals surface area (Å²) in [4.78, 5) is 25.2. The quantitative estimate of drug-likeness (QED) is 0.938. The molecular formula is C17H13F3N2O2. The molecule has 1 saturated heterocycles. The van der Waals surface area contributed by atoms with Crippen LogP contribution in [0.1, 0.15) is 6.42 Å². The van der Waals surface area contributed by atoms with E-state index in [1.54, 1.807) is 0 Å². The van der Waals surface area contributed by atoms with Gasteiger partial charge in [-0.15, -0.1) is 0 Å². The van der Waals surface area contributed by atoms with Gasteiger partial charge in [-0.2, -0.15) is 0 Å². The maximum Gasteiger partial charge on any atom is 0.229 e. The molecule has 0 radical (unpaired) electrons. The van der Waals surface area contributed by atoms with E-state index in [9.17, 15) is 22.8 Å². The second kappa shape index (κ2) is 6.35. The summed E-state index contributed by atoms with van der Waals surface area (Å²) in [6.45, 7) is -0.121. The molecule has 1 fully saturated rings. The predicted molar refractivity (Wildman–Crippen MR) is 81.8 cm³/mol. The Kier molecular flexibility index (Phi) is 4.24. The van der Waals surface area contributed by atoms with E-state index < -0.39 is 40.9 Å². The van der Waals surface area contributed by atoms with Gasteiger partial charge in [-0.1, -0.05) is 6.07 Å². The van der Waals surface area contributed by atoms with Gasteiger partial charge in [0, 0.05) is 18.7 Å². The normalized spacial score (nSPS) is 17.2. The lowest BCUT2D eigenvalue weighted by atomic mass is 10.1. The van der Waals surface area contributed by atoms with Gasteiger partial charge in [0.2, 0.25) is 11.8 Å². The molecule has 2 aromatic rings. The molecule has 7 heteroatoms. The summed E-state index contributed by atoms with van der Waals surface area (Å²) >= 11 is 0. The summed E-state index contributed by atoms with van der Waals surface area (Å²) in [5.74, 6) is -3.90. The summed E-state index contributed by atoms with van der Waals surface area (Å²) < 4.78 is 40.5. The van der Waals surface area contributed by atoms with Crippen molar-refractivity contribution < 1.29 is 22.8 Å². The number of benzene rings is 2. The van der Waals surface area contributed by atoms with Gasteiger partial charge >= 0.3 is 0 Å². The van der Waals surface area contributed by atoms with Crippen LogP contribution in [0, 0.1) is 23.4 Å². The van der Waals surface area contributed by atoms with E-state index in [1.807, 2.05) is 0 Å². The lowest BCUT2D eigenvalue weighted by Crippen LogP contribution is -2.29. The first kappa shape index (κ1) is 16.0. The van der Waals surface area contributed by atoms with Crippen molar-refractivity contribution in [3.05, 3.63) is 59.9 Å². The van der Waals surface area contributed by atoms with Crippen LogP contribution >= 0.6 is 0 Å². The smallest absolute Gasteiger partial charge is 0.229 e. The van der Waals surface area contributed by atoms with Crippen molar-refractivity contribution in [2.75, 3.05) is 16.8 Å². The molecule has 0 aliphatic carbocycles. The fourth-order valence-corrected chi connectivity index (χ4v) is 2.62. The minimum absolute atomic E-state index is 0.121. The van der Waals surface area contributed by atoms with E-state index in [1.165, 1.54) is 30.3 Å². The van der Waals surface area contributed by atoms with Crippen molar-refractivity contribution >= 4 is 23.2 Å². The molecule has 0 aromatic heterocycles. The number of carbonyl (C=O) groups is 2. The summed E-state index contributed by atoms with van der Waals surface area (Å²) in [5, 5.41) is 2.56. The van der Waals surface area contributed by atoms with Gasteiger partial charge in [-0.25, -0.2) is 13.2 Å². The zero-order valence-corrected chi connectivity index (χ0v) is 12.4. The SMILES string of the molecule is O=C(Nc1ccc(F)cc1)C1CC(=O)N(c2c(F)cccc2F)C1. The molecular weight excluding hydrogens is 321 g/mol. The van der Waals surface area contributed by atoms with Crippen LogP contribution in [-0.4, -0.2) is 18.4 Å². The first-order valence-corrected chi connectivity index (χ1v) is 7.26. The van der Waals surface area contributed by atoms with Crippen molar-refractivity contribution in [2.45, 2.75) is 6.42 Å². The van der Waals surface area contributed by atoms with Crippen LogP contribution < -0.4 is 10.2 Å². The second-order valence-corrected chi connectivity index (χ2v) is 5.47. The van der Waals surface area contributed by atoms with Gasteiger partial charge in [0.1, 0.15) is 23.1 Å². The molecule has 1 N–H and O–H groups in total. The third kappa shape index (κ3) is 3.10. The molecule has 124 valence electrons. The predicted octanol–water partition coefficient (Wildman–Crippen LogP) is 3.10. The van der Waals surface area contributed by atoms with Crippen LogP contribution in [0.2, 0.25) is 0 Å². The lowest BCUT2D eigenvalue weighted by molar-refractivity contribution is -0.122. The first-order valence-electron chi connectivity index (χ1n) is 7.26.